The minimum Gasteiger partial charge on any atom is -0.313 e. The average molecular weight is 266 g/mol. The zero-order chi connectivity index (χ0) is 13.0. The topological polar surface area (TPSA) is 94.9 Å². The van der Waals surface area contributed by atoms with Crippen molar-refractivity contribution >= 4 is 10.0 Å². The van der Waals surface area contributed by atoms with Crippen LogP contribution in [0.4, 0.5) is 0 Å². The van der Waals surface area contributed by atoms with Crippen molar-refractivity contribution in [2.24, 2.45) is 0 Å². The fourth-order valence-corrected chi connectivity index (χ4v) is 3.06. The maximum Gasteiger partial charge on any atom is 0.259 e. The number of nitriles is 1. The first-order valence-corrected chi connectivity index (χ1v) is 7.20. The SMILES string of the molecule is N#Cc1cccnc1S(=O)(=O)NCC1CCCN1. The summed E-state index contributed by atoms with van der Waals surface area (Å²) < 4.78 is 26.5. The van der Waals surface area contributed by atoms with Crippen LogP contribution in [0.3, 0.4) is 0 Å². The average Bonchev–Trinajstić information content (AvgIpc) is 2.89. The van der Waals surface area contributed by atoms with Crippen LogP contribution < -0.4 is 10.0 Å². The highest BCUT2D eigenvalue weighted by atomic mass is 32.2. The lowest BCUT2D eigenvalue weighted by Gasteiger charge is -2.11. The lowest BCUT2D eigenvalue weighted by Crippen LogP contribution is -2.37. The van der Waals surface area contributed by atoms with Crippen molar-refractivity contribution in [1.82, 2.24) is 15.0 Å². The number of hydrogen-bond acceptors (Lipinski definition) is 5. The normalized spacial score (nSPS) is 19.6. The van der Waals surface area contributed by atoms with Crippen LogP contribution in [0.25, 0.3) is 0 Å². The number of nitrogens with one attached hydrogen (secondary N) is 2. The zero-order valence-electron chi connectivity index (χ0n) is 9.76. The van der Waals surface area contributed by atoms with E-state index in [-0.39, 0.29) is 16.6 Å². The Morgan fingerprint density at radius 2 is 2.44 bits per heavy atom. The molecule has 7 heteroatoms. The van der Waals surface area contributed by atoms with E-state index in [1.165, 1.54) is 18.3 Å². The van der Waals surface area contributed by atoms with Crippen molar-refractivity contribution in [3.8, 4) is 6.07 Å². The monoisotopic (exact) mass is 266 g/mol. The minimum absolute atomic E-state index is 0.0596. The van der Waals surface area contributed by atoms with Gasteiger partial charge in [0.25, 0.3) is 10.0 Å². The summed E-state index contributed by atoms with van der Waals surface area (Å²) in [6.07, 6.45) is 3.37. The highest BCUT2D eigenvalue weighted by Crippen LogP contribution is 2.11. The molecule has 1 aliphatic heterocycles. The Hall–Kier alpha value is -1.49. The van der Waals surface area contributed by atoms with Crippen molar-refractivity contribution in [3.63, 3.8) is 0 Å². The van der Waals surface area contributed by atoms with Crippen molar-refractivity contribution in [1.29, 1.82) is 5.26 Å². The van der Waals surface area contributed by atoms with E-state index in [0.717, 1.165) is 19.4 Å². The number of hydrogen-bond donors (Lipinski definition) is 2. The summed E-state index contributed by atoms with van der Waals surface area (Å²) in [5.74, 6) is 0. The van der Waals surface area contributed by atoms with Crippen molar-refractivity contribution in [3.05, 3.63) is 23.9 Å². The van der Waals surface area contributed by atoms with Crippen LogP contribution >= 0.6 is 0 Å². The molecule has 6 nitrogen and oxygen atoms in total. The second kappa shape index (κ2) is 5.44. The van der Waals surface area contributed by atoms with E-state index in [1.807, 2.05) is 6.07 Å². The molecule has 1 unspecified atom stereocenters. The van der Waals surface area contributed by atoms with Crippen molar-refractivity contribution in [2.45, 2.75) is 23.9 Å². The number of sulfonamides is 1. The van der Waals surface area contributed by atoms with Crippen LogP contribution in [0.5, 0.6) is 0 Å². The summed E-state index contributed by atoms with van der Waals surface area (Å²) in [5, 5.41) is 11.9. The Morgan fingerprint density at radius 3 is 3.11 bits per heavy atom. The molecule has 0 aromatic carbocycles. The molecular formula is C11H14N4O2S. The maximum atomic E-state index is 12.0. The van der Waals surface area contributed by atoms with Gasteiger partial charge in [0.15, 0.2) is 5.03 Å². The number of nitrogens with zero attached hydrogens (tertiary/aromatic N) is 2. The highest BCUT2D eigenvalue weighted by molar-refractivity contribution is 7.89. The molecule has 18 heavy (non-hydrogen) atoms. The van der Waals surface area contributed by atoms with Gasteiger partial charge in [-0.25, -0.2) is 18.1 Å². The molecule has 0 radical (unpaired) electrons. The first-order chi connectivity index (χ1) is 8.63. The number of aromatic nitrogens is 1. The molecular weight excluding hydrogens is 252 g/mol. The Balaban J connectivity index is 2.12. The van der Waals surface area contributed by atoms with Gasteiger partial charge in [0.1, 0.15) is 6.07 Å². The smallest absolute Gasteiger partial charge is 0.259 e. The van der Waals surface area contributed by atoms with E-state index in [9.17, 15) is 8.42 Å². The Morgan fingerprint density at radius 1 is 1.61 bits per heavy atom. The van der Waals surface area contributed by atoms with Gasteiger partial charge in [-0.15, -0.1) is 0 Å². The minimum atomic E-state index is -3.71. The maximum absolute atomic E-state index is 12.0. The molecule has 2 heterocycles. The fraction of sp³-hybridized carbons (Fsp3) is 0.455. The molecule has 1 aromatic rings. The second-order valence-electron chi connectivity index (χ2n) is 4.11. The molecule has 1 fully saturated rings. The summed E-state index contributed by atoms with van der Waals surface area (Å²) in [4.78, 5) is 3.77. The van der Waals surface area contributed by atoms with Crippen LogP contribution in [-0.4, -0.2) is 32.5 Å². The van der Waals surface area contributed by atoms with Crippen LogP contribution in [0, 0.1) is 11.3 Å². The van der Waals surface area contributed by atoms with Gasteiger partial charge in [-0.05, 0) is 31.5 Å². The molecule has 0 aliphatic carbocycles. The van der Waals surface area contributed by atoms with Crippen molar-refractivity contribution < 1.29 is 8.42 Å². The third-order valence-electron chi connectivity index (χ3n) is 2.83. The standard InChI is InChI=1S/C11H14N4O2S/c12-7-9-3-1-6-14-11(9)18(16,17)15-8-10-4-2-5-13-10/h1,3,6,10,13,15H,2,4-5,8H2. The van der Waals surface area contributed by atoms with E-state index >= 15 is 0 Å². The molecule has 1 aliphatic rings. The van der Waals surface area contributed by atoms with Gasteiger partial charge < -0.3 is 5.32 Å². The van der Waals surface area contributed by atoms with E-state index < -0.39 is 10.0 Å². The number of rotatable bonds is 4. The predicted octanol–water partition coefficient (Wildman–Crippen LogP) is -0.0164. The first kappa shape index (κ1) is 13.0. The van der Waals surface area contributed by atoms with Crippen LogP contribution in [0.15, 0.2) is 23.4 Å². The predicted molar refractivity (Wildman–Crippen MR) is 65.2 cm³/mol. The van der Waals surface area contributed by atoms with E-state index in [4.69, 9.17) is 5.26 Å². The van der Waals surface area contributed by atoms with Gasteiger partial charge in [0.2, 0.25) is 0 Å². The Kier molecular flexibility index (Phi) is 3.91. The fourth-order valence-electron chi connectivity index (χ4n) is 1.90. The van der Waals surface area contributed by atoms with Gasteiger partial charge >= 0.3 is 0 Å². The Labute approximate surface area is 106 Å². The Bertz CT molecular complexity index is 559. The van der Waals surface area contributed by atoms with Gasteiger partial charge in [0.05, 0.1) is 5.56 Å². The van der Waals surface area contributed by atoms with Crippen LogP contribution in [-0.2, 0) is 10.0 Å². The lowest BCUT2D eigenvalue weighted by molar-refractivity contribution is 0.549. The molecule has 0 spiro atoms. The third kappa shape index (κ3) is 2.85. The van der Waals surface area contributed by atoms with E-state index in [2.05, 4.69) is 15.0 Å². The summed E-state index contributed by atoms with van der Waals surface area (Å²) in [6, 6.07) is 4.97. The van der Waals surface area contributed by atoms with Gasteiger partial charge in [-0.3, -0.25) is 0 Å². The molecule has 1 saturated heterocycles. The van der Waals surface area contributed by atoms with Gasteiger partial charge in [-0.1, -0.05) is 0 Å². The second-order valence-corrected chi connectivity index (χ2v) is 5.80. The number of pyridine rings is 1. The molecule has 2 rings (SSSR count). The van der Waals surface area contributed by atoms with Crippen LogP contribution in [0.2, 0.25) is 0 Å². The molecule has 1 atom stereocenters. The molecule has 1 aromatic heterocycles. The molecule has 0 amide bonds. The molecule has 96 valence electrons. The summed E-state index contributed by atoms with van der Waals surface area (Å²) in [5.41, 5.74) is 0.0596. The van der Waals surface area contributed by atoms with Gasteiger partial charge in [-0.2, -0.15) is 5.26 Å². The lowest BCUT2D eigenvalue weighted by atomic mass is 10.2. The third-order valence-corrected chi connectivity index (χ3v) is 4.21. The quantitative estimate of drug-likeness (QED) is 0.799. The van der Waals surface area contributed by atoms with Gasteiger partial charge in [0, 0.05) is 18.8 Å². The molecule has 0 bridgehead atoms. The summed E-state index contributed by atoms with van der Waals surface area (Å²) in [6.45, 7) is 1.24. The van der Waals surface area contributed by atoms with E-state index in [0.29, 0.717) is 6.54 Å². The van der Waals surface area contributed by atoms with Crippen molar-refractivity contribution in [2.75, 3.05) is 13.1 Å². The molecule has 2 N–H and O–H groups in total. The summed E-state index contributed by atoms with van der Waals surface area (Å²) in [7, 11) is -3.71. The zero-order valence-corrected chi connectivity index (χ0v) is 10.6. The largest absolute Gasteiger partial charge is 0.313 e. The first-order valence-electron chi connectivity index (χ1n) is 5.71. The highest BCUT2D eigenvalue weighted by Gasteiger charge is 2.22. The molecule has 0 saturated carbocycles. The van der Waals surface area contributed by atoms with Crippen LogP contribution in [0.1, 0.15) is 18.4 Å². The van der Waals surface area contributed by atoms with E-state index in [1.54, 1.807) is 0 Å². The summed E-state index contributed by atoms with van der Waals surface area (Å²) >= 11 is 0.